The number of phenols is 1. The lowest BCUT2D eigenvalue weighted by Gasteiger charge is -2.24. The highest BCUT2D eigenvalue weighted by atomic mass is 32.1. The molecule has 0 spiro atoms. The van der Waals surface area contributed by atoms with Crippen LogP contribution in [0.25, 0.3) is 0 Å². The number of carbonyl (C=O) groups excluding carboxylic acids is 1. The highest BCUT2D eigenvalue weighted by Gasteiger charge is 2.24. The molecule has 0 radical (unpaired) electrons. The molecule has 0 aliphatic carbocycles. The van der Waals surface area contributed by atoms with Crippen LogP contribution >= 0.6 is 12.2 Å². The van der Waals surface area contributed by atoms with E-state index >= 15 is 0 Å². The first-order valence-electron chi connectivity index (χ1n) is 7.43. The van der Waals surface area contributed by atoms with Crippen LogP contribution < -0.4 is 10.6 Å². The molecule has 0 aliphatic rings. The average molecular weight is 334 g/mol. The van der Waals surface area contributed by atoms with E-state index in [-0.39, 0.29) is 17.7 Å². The quantitative estimate of drug-likeness (QED) is 0.415. The maximum Gasteiger partial charge on any atom is 0.258 e. The van der Waals surface area contributed by atoms with Crippen molar-refractivity contribution in [2.75, 3.05) is 6.54 Å². The van der Waals surface area contributed by atoms with Gasteiger partial charge in [0.05, 0.1) is 0 Å². The van der Waals surface area contributed by atoms with Gasteiger partial charge in [-0.3, -0.25) is 4.79 Å². The molecule has 0 heterocycles. The van der Waals surface area contributed by atoms with Crippen LogP contribution in [0.3, 0.4) is 0 Å². The lowest BCUT2D eigenvalue weighted by Crippen LogP contribution is -2.52. The minimum Gasteiger partial charge on any atom is -0.508 e. The van der Waals surface area contributed by atoms with Crippen LogP contribution in [0.4, 0.5) is 0 Å². The number of rotatable bonds is 6. The number of likely N-dealkylation sites (N-methyl/N-ethyl adjacent to an activating group) is 1. The minimum absolute atomic E-state index is 0.137. The summed E-state index contributed by atoms with van der Waals surface area (Å²) >= 11 is 5.21. The molecule has 3 N–H and O–H groups in total. The van der Waals surface area contributed by atoms with Gasteiger partial charge in [-0.1, -0.05) is 12.1 Å². The molecule has 124 valence electrons. The molecule has 0 aliphatic heterocycles. The van der Waals surface area contributed by atoms with Crippen molar-refractivity contribution in [1.82, 2.24) is 15.5 Å². The number of aromatic hydroxyl groups is 1. The Morgan fingerprint density at radius 2 is 1.96 bits per heavy atom. The first-order chi connectivity index (χ1) is 10.9. The molecule has 6 nitrogen and oxygen atoms in total. The Hall–Kier alpha value is -2.33. The van der Waals surface area contributed by atoms with Crippen molar-refractivity contribution in [3.8, 4) is 11.9 Å². The Bertz CT molecular complexity index is 581. The number of nitriles is 1. The molecule has 1 atom stereocenters. The zero-order valence-corrected chi connectivity index (χ0v) is 14.4. The second-order valence-corrected chi connectivity index (χ2v) is 5.79. The number of hydrogen-bond acceptors (Lipinski definition) is 4. The maximum atomic E-state index is 12.5. The first kappa shape index (κ1) is 18.7. The molecular weight excluding hydrogens is 312 g/mol. The van der Waals surface area contributed by atoms with E-state index in [9.17, 15) is 9.90 Å². The molecule has 7 heteroatoms. The third-order valence-electron chi connectivity index (χ3n) is 3.10. The van der Waals surface area contributed by atoms with Gasteiger partial charge in [0, 0.05) is 19.0 Å². The van der Waals surface area contributed by atoms with Crippen LogP contribution in [-0.2, 0) is 11.2 Å². The Balaban J connectivity index is 2.91. The van der Waals surface area contributed by atoms with Crippen LogP contribution in [0.15, 0.2) is 24.3 Å². The monoisotopic (exact) mass is 334 g/mol. The molecule has 1 unspecified atom stereocenters. The van der Waals surface area contributed by atoms with Crippen LogP contribution in [0, 0.1) is 11.5 Å². The van der Waals surface area contributed by atoms with E-state index in [1.165, 1.54) is 0 Å². The molecule has 23 heavy (non-hydrogen) atoms. The van der Waals surface area contributed by atoms with Gasteiger partial charge >= 0.3 is 0 Å². The van der Waals surface area contributed by atoms with Gasteiger partial charge in [0.15, 0.2) is 11.3 Å². The molecule has 1 aromatic rings. The molecule has 1 aromatic carbocycles. The average Bonchev–Trinajstić information content (AvgIpc) is 2.49. The van der Waals surface area contributed by atoms with E-state index in [1.54, 1.807) is 31.2 Å². The summed E-state index contributed by atoms with van der Waals surface area (Å²) in [6, 6.07) is 6.07. The van der Waals surface area contributed by atoms with E-state index in [1.807, 2.05) is 20.0 Å². The van der Waals surface area contributed by atoms with Crippen LogP contribution in [0.2, 0.25) is 0 Å². The fourth-order valence-electron chi connectivity index (χ4n) is 1.99. The Morgan fingerprint density at radius 3 is 2.43 bits per heavy atom. The van der Waals surface area contributed by atoms with Crippen molar-refractivity contribution in [1.29, 1.82) is 5.26 Å². The topological polar surface area (TPSA) is 88.4 Å². The summed E-state index contributed by atoms with van der Waals surface area (Å²) in [4.78, 5) is 13.6. The number of amides is 1. The van der Waals surface area contributed by atoms with E-state index in [4.69, 9.17) is 17.5 Å². The summed E-state index contributed by atoms with van der Waals surface area (Å²) in [5.74, 6) is -0.176. The third kappa shape index (κ3) is 6.12. The summed E-state index contributed by atoms with van der Waals surface area (Å²) < 4.78 is 0. The molecule has 0 bridgehead atoms. The predicted octanol–water partition coefficient (Wildman–Crippen LogP) is 1.51. The standard InChI is InChI=1S/C16H22N4O2S/c1-4-20(10-17)15(22)14(19-16(23)18-11(2)3)9-12-5-7-13(21)8-6-12/h5-8,11,14,21H,4,9H2,1-3H3,(H2,18,19,23). The number of hydrogen-bond donors (Lipinski definition) is 3. The van der Waals surface area contributed by atoms with E-state index in [2.05, 4.69) is 10.6 Å². The molecule has 0 aromatic heterocycles. The number of nitrogens with zero attached hydrogens (tertiary/aromatic N) is 2. The third-order valence-corrected chi connectivity index (χ3v) is 3.34. The van der Waals surface area contributed by atoms with Crippen molar-refractivity contribution in [3.05, 3.63) is 29.8 Å². The van der Waals surface area contributed by atoms with Crippen molar-refractivity contribution >= 4 is 23.2 Å². The summed E-state index contributed by atoms with van der Waals surface area (Å²) in [5.41, 5.74) is 0.856. The molecule has 1 rings (SSSR count). The second kappa shape index (κ2) is 8.96. The predicted molar refractivity (Wildman–Crippen MR) is 92.6 cm³/mol. The molecule has 0 saturated carbocycles. The zero-order valence-electron chi connectivity index (χ0n) is 13.5. The fourth-order valence-corrected chi connectivity index (χ4v) is 2.37. The lowest BCUT2D eigenvalue weighted by atomic mass is 10.0. The lowest BCUT2D eigenvalue weighted by molar-refractivity contribution is -0.129. The van der Waals surface area contributed by atoms with Crippen molar-refractivity contribution in [2.24, 2.45) is 0 Å². The highest BCUT2D eigenvalue weighted by Crippen LogP contribution is 2.12. The number of phenolic OH excluding ortho intramolecular Hbond substituents is 1. The van der Waals surface area contributed by atoms with E-state index < -0.39 is 6.04 Å². The highest BCUT2D eigenvalue weighted by molar-refractivity contribution is 7.80. The van der Waals surface area contributed by atoms with E-state index in [0.717, 1.165) is 10.5 Å². The smallest absolute Gasteiger partial charge is 0.258 e. The summed E-state index contributed by atoms with van der Waals surface area (Å²) in [6.07, 6.45) is 2.24. The van der Waals surface area contributed by atoms with Crippen molar-refractivity contribution < 1.29 is 9.90 Å². The Morgan fingerprint density at radius 1 is 1.35 bits per heavy atom. The van der Waals surface area contributed by atoms with Crippen molar-refractivity contribution in [3.63, 3.8) is 0 Å². The number of nitrogens with one attached hydrogen (secondary N) is 2. The molecule has 0 fully saturated rings. The van der Waals surface area contributed by atoms with Gasteiger partial charge < -0.3 is 15.7 Å². The van der Waals surface area contributed by atoms with Gasteiger partial charge in [-0.2, -0.15) is 5.26 Å². The van der Waals surface area contributed by atoms with Gasteiger partial charge in [0.2, 0.25) is 0 Å². The van der Waals surface area contributed by atoms with E-state index in [0.29, 0.717) is 18.1 Å². The normalized spacial score (nSPS) is 11.4. The Labute approximate surface area is 142 Å². The number of benzene rings is 1. The SMILES string of the molecule is CCN(C#N)C(=O)C(Cc1ccc(O)cc1)NC(=S)NC(C)C. The second-order valence-electron chi connectivity index (χ2n) is 5.38. The maximum absolute atomic E-state index is 12.5. The number of thiocarbonyl (C=S) groups is 1. The van der Waals surface area contributed by atoms with Crippen LogP contribution in [-0.4, -0.2) is 39.7 Å². The van der Waals surface area contributed by atoms with Gasteiger partial charge in [0.25, 0.3) is 5.91 Å². The van der Waals surface area contributed by atoms with Crippen LogP contribution in [0.1, 0.15) is 26.3 Å². The fraction of sp³-hybridized carbons (Fsp3) is 0.438. The summed E-state index contributed by atoms with van der Waals surface area (Å²) in [7, 11) is 0. The number of carbonyl (C=O) groups is 1. The van der Waals surface area contributed by atoms with Gasteiger partial charge in [-0.05, 0) is 50.7 Å². The van der Waals surface area contributed by atoms with Gasteiger partial charge in [0.1, 0.15) is 11.8 Å². The van der Waals surface area contributed by atoms with Crippen molar-refractivity contribution in [2.45, 2.75) is 39.3 Å². The zero-order chi connectivity index (χ0) is 17.4. The summed E-state index contributed by atoms with van der Waals surface area (Å²) in [5, 5.41) is 24.8. The molecule has 0 saturated heterocycles. The minimum atomic E-state index is -0.655. The molecule has 1 amide bonds. The largest absolute Gasteiger partial charge is 0.508 e. The summed E-state index contributed by atoms with van der Waals surface area (Å²) in [6.45, 7) is 5.92. The Kier molecular flexibility index (Phi) is 7.29. The molecular formula is C16H22N4O2S. The first-order valence-corrected chi connectivity index (χ1v) is 7.84. The van der Waals surface area contributed by atoms with Gasteiger partial charge in [-0.25, -0.2) is 4.90 Å². The van der Waals surface area contributed by atoms with Crippen LogP contribution in [0.5, 0.6) is 5.75 Å². The van der Waals surface area contributed by atoms with Gasteiger partial charge in [-0.15, -0.1) is 0 Å².